The molecule has 7 heteroatoms. The number of anilines is 1. The number of para-hydroxylation sites is 1. The molecule has 0 saturated carbocycles. The first-order valence-electron chi connectivity index (χ1n) is 6.96. The fourth-order valence-corrected chi connectivity index (χ4v) is 3.16. The number of benzene rings is 3. The third-order valence-corrected chi connectivity index (χ3v) is 4.43. The summed E-state index contributed by atoms with van der Waals surface area (Å²) in [5.41, 5.74) is 0.244. The molecule has 3 N–H and O–H groups in total. The molecule has 3 aromatic rings. The lowest BCUT2D eigenvalue weighted by molar-refractivity contribution is 0.102. The van der Waals surface area contributed by atoms with Gasteiger partial charge in [-0.15, -0.1) is 0 Å². The van der Waals surface area contributed by atoms with Crippen molar-refractivity contribution in [3.63, 3.8) is 0 Å². The van der Waals surface area contributed by atoms with Crippen molar-refractivity contribution in [2.45, 2.75) is 4.90 Å². The molecule has 0 spiro atoms. The number of carbonyl (C=O) groups excluding carboxylic acids is 1. The van der Waals surface area contributed by atoms with Crippen molar-refractivity contribution < 1.29 is 22.9 Å². The summed E-state index contributed by atoms with van der Waals surface area (Å²) >= 11 is 0. The summed E-state index contributed by atoms with van der Waals surface area (Å²) in [5.74, 6) is -1.04. The van der Waals surface area contributed by atoms with Crippen molar-refractivity contribution in [3.05, 3.63) is 66.2 Å². The molecular formula is C17H13NO5S. The largest absolute Gasteiger partial charge is 0.506 e. The van der Waals surface area contributed by atoms with Gasteiger partial charge in [-0.05, 0) is 18.2 Å². The Bertz CT molecular complexity index is 1030. The maximum atomic E-state index is 12.4. The van der Waals surface area contributed by atoms with Crippen LogP contribution in [0.4, 0.5) is 5.69 Å². The van der Waals surface area contributed by atoms with Gasteiger partial charge in [0.1, 0.15) is 10.6 Å². The van der Waals surface area contributed by atoms with Crippen LogP contribution in [0.2, 0.25) is 0 Å². The lowest BCUT2D eigenvalue weighted by atomic mass is 10.0. The molecule has 0 saturated heterocycles. The highest BCUT2D eigenvalue weighted by atomic mass is 32.2. The minimum atomic E-state index is -4.57. The van der Waals surface area contributed by atoms with E-state index in [1.54, 1.807) is 42.5 Å². The molecule has 1 amide bonds. The number of fused-ring (bicyclic) bond motifs is 1. The van der Waals surface area contributed by atoms with Crippen LogP contribution >= 0.6 is 0 Å². The molecule has 0 unspecified atom stereocenters. The minimum absolute atomic E-state index is 0.133. The zero-order chi connectivity index (χ0) is 17.3. The van der Waals surface area contributed by atoms with Crippen LogP contribution in [0.1, 0.15) is 10.4 Å². The van der Waals surface area contributed by atoms with Crippen LogP contribution in [0.15, 0.2) is 65.6 Å². The smallest absolute Gasteiger partial charge is 0.295 e. The number of nitrogens with one attached hydrogen (secondary N) is 1. The van der Waals surface area contributed by atoms with Gasteiger partial charge in [-0.1, -0.05) is 42.5 Å². The molecule has 3 rings (SSSR count). The lowest BCUT2D eigenvalue weighted by Gasteiger charge is -2.12. The first-order chi connectivity index (χ1) is 11.4. The summed E-state index contributed by atoms with van der Waals surface area (Å²) in [7, 11) is -4.57. The number of carbonyl (C=O) groups is 1. The van der Waals surface area contributed by atoms with Gasteiger partial charge >= 0.3 is 0 Å². The number of aromatic hydroxyl groups is 1. The quantitative estimate of drug-likeness (QED) is 0.634. The molecule has 0 heterocycles. The van der Waals surface area contributed by atoms with E-state index in [0.29, 0.717) is 5.69 Å². The maximum absolute atomic E-state index is 12.4. The van der Waals surface area contributed by atoms with E-state index in [0.717, 1.165) is 6.07 Å². The standard InChI is InChI=1S/C17H13NO5S/c19-16-13-9-5-4-8-12(13)15(24(21,22)23)10-14(16)17(20)18-11-6-2-1-3-7-11/h1-10,19H,(H,18,20)(H,21,22,23). The predicted octanol–water partition coefficient (Wildman–Crippen LogP) is 3.04. The first-order valence-corrected chi connectivity index (χ1v) is 8.40. The maximum Gasteiger partial charge on any atom is 0.295 e. The van der Waals surface area contributed by atoms with Crippen molar-refractivity contribution in [1.82, 2.24) is 0 Å². The zero-order valence-corrected chi connectivity index (χ0v) is 13.1. The van der Waals surface area contributed by atoms with Gasteiger partial charge in [0.15, 0.2) is 0 Å². The summed E-state index contributed by atoms with van der Waals surface area (Å²) in [5, 5.41) is 13.2. The fourth-order valence-electron chi connectivity index (χ4n) is 2.43. The molecule has 0 aliphatic carbocycles. The van der Waals surface area contributed by atoms with Gasteiger partial charge in [0.2, 0.25) is 0 Å². The van der Waals surface area contributed by atoms with Gasteiger partial charge in [-0.3, -0.25) is 9.35 Å². The molecule has 0 fully saturated rings. The van der Waals surface area contributed by atoms with Gasteiger partial charge in [0.25, 0.3) is 16.0 Å². The van der Waals surface area contributed by atoms with Crippen LogP contribution in [0.25, 0.3) is 10.8 Å². The highest BCUT2D eigenvalue weighted by Gasteiger charge is 2.22. The molecule has 0 radical (unpaired) electrons. The second-order valence-electron chi connectivity index (χ2n) is 5.11. The first kappa shape index (κ1) is 16.0. The number of hydrogen-bond donors (Lipinski definition) is 3. The van der Waals surface area contributed by atoms with Crippen LogP contribution in [-0.2, 0) is 10.1 Å². The Morgan fingerprint density at radius 1 is 0.917 bits per heavy atom. The number of phenols is 1. The summed E-state index contributed by atoms with van der Waals surface area (Å²) in [4.78, 5) is 12.0. The van der Waals surface area contributed by atoms with E-state index < -0.39 is 20.9 Å². The Hall–Kier alpha value is -2.90. The molecule has 3 aromatic carbocycles. The Labute approximate surface area is 138 Å². The van der Waals surface area contributed by atoms with Gasteiger partial charge in [-0.25, -0.2) is 0 Å². The SMILES string of the molecule is O=C(Nc1ccccc1)c1cc(S(=O)(=O)O)c2ccccc2c1O. The van der Waals surface area contributed by atoms with Crippen LogP contribution in [0.5, 0.6) is 5.75 Å². The minimum Gasteiger partial charge on any atom is -0.506 e. The monoisotopic (exact) mass is 343 g/mol. The summed E-state index contributed by atoms with van der Waals surface area (Å²) in [6, 6.07) is 15.6. The fraction of sp³-hybridized carbons (Fsp3) is 0. The Morgan fingerprint density at radius 3 is 2.12 bits per heavy atom. The highest BCUT2D eigenvalue weighted by molar-refractivity contribution is 7.86. The number of rotatable bonds is 3. The van der Waals surface area contributed by atoms with Crippen molar-refractivity contribution in [1.29, 1.82) is 0 Å². The third kappa shape index (κ3) is 2.94. The van der Waals surface area contributed by atoms with Crippen molar-refractivity contribution in [3.8, 4) is 5.75 Å². The molecule has 122 valence electrons. The molecule has 0 aliphatic heterocycles. The van der Waals surface area contributed by atoms with Crippen LogP contribution in [0, 0.1) is 0 Å². The van der Waals surface area contributed by atoms with Gasteiger partial charge in [0, 0.05) is 16.5 Å². The normalized spacial score (nSPS) is 11.4. The van der Waals surface area contributed by atoms with E-state index in [2.05, 4.69) is 5.32 Å². The van der Waals surface area contributed by atoms with Crippen molar-refractivity contribution >= 4 is 32.5 Å². The molecule has 0 aromatic heterocycles. The lowest BCUT2D eigenvalue weighted by Crippen LogP contribution is -2.13. The molecule has 0 aliphatic rings. The van der Waals surface area contributed by atoms with E-state index in [1.165, 1.54) is 12.1 Å². The summed E-state index contributed by atoms with van der Waals surface area (Å²) in [6.45, 7) is 0. The average molecular weight is 343 g/mol. The molecule has 0 bridgehead atoms. The van der Waals surface area contributed by atoms with Crippen LogP contribution in [-0.4, -0.2) is 24.0 Å². The third-order valence-electron chi connectivity index (χ3n) is 3.53. The van der Waals surface area contributed by atoms with Crippen molar-refractivity contribution in [2.24, 2.45) is 0 Å². The topological polar surface area (TPSA) is 104 Å². The Morgan fingerprint density at radius 2 is 1.50 bits per heavy atom. The molecule has 0 atom stereocenters. The van der Waals surface area contributed by atoms with Crippen LogP contribution < -0.4 is 5.32 Å². The Kier molecular flexibility index (Phi) is 3.96. The molecule has 24 heavy (non-hydrogen) atoms. The Balaban J connectivity index is 2.18. The predicted molar refractivity (Wildman–Crippen MR) is 89.8 cm³/mol. The van der Waals surface area contributed by atoms with E-state index in [1.807, 2.05) is 0 Å². The summed E-state index contributed by atoms with van der Waals surface area (Å²) in [6.07, 6.45) is 0. The van der Waals surface area contributed by atoms with E-state index >= 15 is 0 Å². The summed E-state index contributed by atoms with van der Waals surface area (Å²) < 4.78 is 32.7. The number of phenolic OH excluding ortho intramolecular Hbond substituents is 1. The van der Waals surface area contributed by atoms with Crippen molar-refractivity contribution in [2.75, 3.05) is 5.32 Å². The second kappa shape index (κ2) is 5.95. The number of amides is 1. The molecular weight excluding hydrogens is 330 g/mol. The zero-order valence-electron chi connectivity index (χ0n) is 12.3. The van der Waals surface area contributed by atoms with Crippen LogP contribution in [0.3, 0.4) is 0 Å². The highest BCUT2D eigenvalue weighted by Crippen LogP contribution is 2.34. The van der Waals surface area contributed by atoms with E-state index in [-0.39, 0.29) is 22.1 Å². The van der Waals surface area contributed by atoms with Gasteiger partial charge < -0.3 is 10.4 Å². The molecule has 6 nitrogen and oxygen atoms in total. The van der Waals surface area contributed by atoms with E-state index in [4.69, 9.17) is 0 Å². The van der Waals surface area contributed by atoms with E-state index in [9.17, 15) is 22.9 Å². The number of hydrogen-bond acceptors (Lipinski definition) is 4. The van der Waals surface area contributed by atoms with Gasteiger partial charge in [-0.2, -0.15) is 8.42 Å². The average Bonchev–Trinajstić information content (AvgIpc) is 2.55. The van der Waals surface area contributed by atoms with Gasteiger partial charge in [0.05, 0.1) is 5.56 Å². The second-order valence-corrected chi connectivity index (χ2v) is 6.50.